The second kappa shape index (κ2) is 4.22. The Morgan fingerprint density at radius 1 is 1.35 bits per heavy atom. The van der Waals surface area contributed by atoms with E-state index >= 15 is 0 Å². The van der Waals surface area contributed by atoms with Gasteiger partial charge in [-0.1, -0.05) is 26.3 Å². The minimum atomic E-state index is 0.153. The van der Waals surface area contributed by atoms with Crippen LogP contribution < -0.4 is 9.47 Å². The quantitative estimate of drug-likeness (QED) is 0.787. The topological polar surface area (TPSA) is 27.7 Å². The molecule has 3 nitrogen and oxygen atoms in total. The summed E-state index contributed by atoms with van der Waals surface area (Å²) < 4.78 is 17.0. The Morgan fingerprint density at radius 2 is 2.24 bits per heavy atom. The lowest BCUT2D eigenvalue weighted by Gasteiger charge is -2.30. The summed E-state index contributed by atoms with van der Waals surface area (Å²) in [5.41, 5.74) is 2.58. The van der Waals surface area contributed by atoms with Gasteiger partial charge in [0, 0.05) is 5.56 Å². The zero-order valence-corrected chi connectivity index (χ0v) is 10.4. The minimum Gasteiger partial charge on any atom is -0.454 e. The summed E-state index contributed by atoms with van der Waals surface area (Å²) in [6.07, 6.45) is 2.23. The van der Waals surface area contributed by atoms with E-state index < -0.39 is 0 Å². The minimum absolute atomic E-state index is 0.153. The fraction of sp³-hybridized carbons (Fsp3) is 0.571. The third kappa shape index (κ3) is 1.69. The normalized spacial score (nSPS) is 23.3. The van der Waals surface area contributed by atoms with Gasteiger partial charge in [-0.05, 0) is 24.0 Å². The molecule has 0 bridgehead atoms. The van der Waals surface area contributed by atoms with Crippen molar-refractivity contribution in [3.8, 4) is 11.5 Å². The van der Waals surface area contributed by atoms with E-state index in [1.807, 2.05) is 6.07 Å². The van der Waals surface area contributed by atoms with Gasteiger partial charge in [0.2, 0.25) is 6.79 Å². The van der Waals surface area contributed by atoms with E-state index in [1.54, 1.807) is 0 Å². The van der Waals surface area contributed by atoms with Gasteiger partial charge in [0.25, 0.3) is 0 Å². The van der Waals surface area contributed by atoms with Crippen molar-refractivity contribution in [2.24, 2.45) is 5.92 Å². The maximum Gasteiger partial charge on any atom is 0.231 e. The lowest BCUT2D eigenvalue weighted by molar-refractivity contribution is 0.00333. The number of benzene rings is 1. The van der Waals surface area contributed by atoms with Crippen LogP contribution in [0.1, 0.15) is 37.5 Å². The van der Waals surface area contributed by atoms with Crippen LogP contribution in [-0.2, 0) is 11.2 Å². The second-order valence-corrected chi connectivity index (χ2v) is 4.80. The highest BCUT2D eigenvalue weighted by atomic mass is 16.7. The second-order valence-electron chi connectivity index (χ2n) is 4.80. The van der Waals surface area contributed by atoms with Crippen LogP contribution in [0, 0.1) is 5.92 Å². The number of ether oxygens (including phenoxy) is 3. The van der Waals surface area contributed by atoms with Gasteiger partial charge in [-0.25, -0.2) is 0 Å². The summed E-state index contributed by atoms with van der Waals surface area (Å²) in [6.45, 7) is 5.57. The highest BCUT2D eigenvalue weighted by Crippen LogP contribution is 2.46. The van der Waals surface area contributed by atoms with Crippen LogP contribution in [0.4, 0.5) is 0 Å². The third-order valence-electron chi connectivity index (χ3n) is 3.78. The maximum atomic E-state index is 5.95. The highest BCUT2D eigenvalue weighted by Gasteiger charge is 2.32. The van der Waals surface area contributed by atoms with Crippen molar-refractivity contribution < 1.29 is 14.2 Å². The molecule has 0 N–H and O–H groups in total. The SMILES string of the molecule is CC[C@@H](C)[C@@H]1OCCc2ccc3c(c21)OCO3. The Kier molecular flexibility index (Phi) is 2.71. The summed E-state index contributed by atoms with van der Waals surface area (Å²) in [5.74, 6) is 2.28. The van der Waals surface area contributed by atoms with E-state index in [4.69, 9.17) is 14.2 Å². The highest BCUT2D eigenvalue weighted by molar-refractivity contribution is 5.54. The Labute approximate surface area is 102 Å². The van der Waals surface area contributed by atoms with Crippen LogP contribution in [0.15, 0.2) is 12.1 Å². The van der Waals surface area contributed by atoms with E-state index in [1.165, 1.54) is 11.1 Å². The van der Waals surface area contributed by atoms with Gasteiger partial charge in [-0.2, -0.15) is 0 Å². The fourth-order valence-corrected chi connectivity index (χ4v) is 2.61. The molecule has 1 aromatic carbocycles. The smallest absolute Gasteiger partial charge is 0.231 e. The van der Waals surface area contributed by atoms with Crippen molar-refractivity contribution in [2.45, 2.75) is 32.8 Å². The molecule has 2 aliphatic rings. The molecule has 0 unspecified atom stereocenters. The van der Waals surface area contributed by atoms with Crippen molar-refractivity contribution >= 4 is 0 Å². The number of rotatable bonds is 2. The third-order valence-corrected chi connectivity index (χ3v) is 3.78. The first-order valence-corrected chi connectivity index (χ1v) is 6.34. The Balaban J connectivity index is 2.08. The molecule has 0 saturated heterocycles. The number of hydrogen-bond donors (Lipinski definition) is 0. The van der Waals surface area contributed by atoms with Crippen molar-refractivity contribution in [3.63, 3.8) is 0 Å². The average Bonchev–Trinajstić information content (AvgIpc) is 2.85. The molecule has 0 saturated carbocycles. The Hall–Kier alpha value is -1.22. The first kappa shape index (κ1) is 10.9. The molecule has 0 aliphatic carbocycles. The fourth-order valence-electron chi connectivity index (χ4n) is 2.61. The van der Waals surface area contributed by atoms with Crippen LogP contribution >= 0.6 is 0 Å². The van der Waals surface area contributed by atoms with E-state index in [0.29, 0.717) is 12.7 Å². The molecule has 1 aromatic rings. The predicted molar refractivity (Wildman–Crippen MR) is 64.4 cm³/mol. The van der Waals surface area contributed by atoms with Crippen LogP contribution in [0.2, 0.25) is 0 Å². The Bertz CT molecular complexity index is 428. The van der Waals surface area contributed by atoms with Gasteiger partial charge in [0.05, 0.1) is 12.7 Å². The molecule has 2 atom stereocenters. The average molecular weight is 234 g/mol. The van der Waals surface area contributed by atoms with Gasteiger partial charge in [0.1, 0.15) is 0 Å². The maximum absolute atomic E-state index is 5.95. The monoisotopic (exact) mass is 234 g/mol. The van der Waals surface area contributed by atoms with Crippen molar-refractivity contribution in [3.05, 3.63) is 23.3 Å². The van der Waals surface area contributed by atoms with Crippen LogP contribution in [0.25, 0.3) is 0 Å². The largest absolute Gasteiger partial charge is 0.454 e. The summed E-state index contributed by atoms with van der Waals surface area (Å²) >= 11 is 0. The van der Waals surface area contributed by atoms with E-state index in [2.05, 4.69) is 19.9 Å². The lowest BCUT2D eigenvalue weighted by Crippen LogP contribution is -2.22. The van der Waals surface area contributed by atoms with Crippen LogP contribution in [0.5, 0.6) is 11.5 Å². The van der Waals surface area contributed by atoms with Crippen molar-refractivity contribution in [1.82, 2.24) is 0 Å². The van der Waals surface area contributed by atoms with E-state index in [0.717, 1.165) is 30.9 Å². The van der Waals surface area contributed by atoms with Gasteiger partial charge < -0.3 is 14.2 Å². The summed E-state index contributed by atoms with van der Waals surface area (Å²) in [6, 6.07) is 4.17. The van der Waals surface area contributed by atoms with Crippen molar-refractivity contribution in [2.75, 3.05) is 13.4 Å². The van der Waals surface area contributed by atoms with E-state index in [9.17, 15) is 0 Å². The molecule has 2 aliphatic heterocycles. The molecular formula is C14H18O3. The predicted octanol–water partition coefficient (Wildman–Crippen LogP) is 3.08. The van der Waals surface area contributed by atoms with E-state index in [-0.39, 0.29) is 6.10 Å². The Morgan fingerprint density at radius 3 is 3.06 bits per heavy atom. The zero-order valence-electron chi connectivity index (χ0n) is 10.4. The van der Waals surface area contributed by atoms with Gasteiger partial charge in [-0.15, -0.1) is 0 Å². The molecule has 3 rings (SSSR count). The molecular weight excluding hydrogens is 216 g/mol. The number of hydrogen-bond acceptors (Lipinski definition) is 3. The summed E-state index contributed by atoms with van der Waals surface area (Å²) in [5, 5.41) is 0. The van der Waals surface area contributed by atoms with Gasteiger partial charge in [-0.3, -0.25) is 0 Å². The van der Waals surface area contributed by atoms with Crippen LogP contribution in [0.3, 0.4) is 0 Å². The molecule has 3 heteroatoms. The summed E-state index contributed by atoms with van der Waals surface area (Å²) in [4.78, 5) is 0. The first-order chi connectivity index (χ1) is 8.31. The molecule has 92 valence electrons. The molecule has 0 radical (unpaired) electrons. The molecule has 0 aromatic heterocycles. The standard InChI is InChI=1S/C14H18O3/c1-3-9(2)13-12-10(6-7-15-13)4-5-11-14(12)17-8-16-11/h4-5,9,13H,3,6-8H2,1-2H3/t9-,13+/m1/s1. The first-order valence-electron chi connectivity index (χ1n) is 6.34. The molecule has 0 amide bonds. The molecule has 2 heterocycles. The molecule has 17 heavy (non-hydrogen) atoms. The van der Waals surface area contributed by atoms with Crippen LogP contribution in [-0.4, -0.2) is 13.4 Å². The molecule has 0 fully saturated rings. The molecule has 0 spiro atoms. The lowest BCUT2D eigenvalue weighted by atomic mass is 9.88. The zero-order chi connectivity index (χ0) is 11.8. The van der Waals surface area contributed by atoms with Gasteiger partial charge >= 0.3 is 0 Å². The van der Waals surface area contributed by atoms with Crippen molar-refractivity contribution in [1.29, 1.82) is 0 Å². The van der Waals surface area contributed by atoms with Gasteiger partial charge in [0.15, 0.2) is 11.5 Å². The number of fused-ring (bicyclic) bond motifs is 3. The summed E-state index contributed by atoms with van der Waals surface area (Å²) in [7, 11) is 0.